The number of rotatable bonds is 5. The quantitative estimate of drug-likeness (QED) is 0.824. The van der Waals surface area contributed by atoms with Crippen LogP contribution in [-0.2, 0) is 10.0 Å². The van der Waals surface area contributed by atoms with Crippen molar-refractivity contribution in [2.75, 3.05) is 20.1 Å². The zero-order chi connectivity index (χ0) is 14.8. The summed E-state index contributed by atoms with van der Waals surface area (Å²) in [5.74, 6) is -1.33. The van der Waals surface area contributed by atoms with Gasteiger partial charge in [-0.15, -0.1) is 11.3 Å². The van der Waals surface area contributed by atoms with Crippen molar-refractivity contribution in [1.29, 1.82) is 0 Å². The molecule has 1 aromatic heterocycles. The molecule has 0 spiro atoms. The standard InChI is InChI=1S/C11H17N3O4S2/c1-14-5-3-2-4-8(14)6-13-20(17,18)11-9(10(15)16)12-7-19-11/h7-8,13H,2-6H2,1H3,(H,15,16). The molecule has 1 fully saturated rings. The third-order valence-corrected chi connectivity index (χ3v) is 6.21. The van der Waals surface area contributed by atoms with E-state index in [9.17, 15) is 13.2 Å². The van der Waals surface area contributed by atoms with Gasteiger partial charge in [-0.25, -0.2) is 22.9 Å². The van der Waals surface area contributed by atoms with Crippen LogP contribution in [-0.4, -0.2) is 55.6 Å². The van der Waals surface area contributed by atoms with E-state index in [0.29, 0.717) is 0 Å². The number of hydrogen-bond acceptors (Lipinski definition) is 6. The fourth-order valence-electron chi connectivity index (χ4n) is 2.24. The summed E-state index contributed by atoms with van der Waals surface area (Å²) < 4.78 is 26.6. The number of thiazole rings is 1. The average Bonchev–Trinajstić information content (AvgIpc) is 2.88. The number of likely N-dealkylation sites (tertiary alicyclic amines) is 1. The molecule has 9 heteroatoms. The number of hydrogen-bond donors (Lipinski definition) is 2. The van der Waals surface area contributed by atoms with Crippen molar-refractivity contribution in [2.24, 2.45) is 0 Å². The minimum absolute atomic E-state index is 0.153. The second-order valence-corrected chi connectivity index (χ2v) is 7.59. The molecule has 0 saturated carbocycles. The smallest absolute Gasteiger partial charge is 0.356 e. The molecule has 2 rings (SSSR count). The summed E-state index contributed by atoms with van der Waals surface area (Å²) >= 11 is 0.816. The van der Waals surface area contributed by atoms with E-state index in [0.717, 1.165) is 37.1 Å². The summed E-state index contributed by atoms with van der Waals surface area (Å²) in [6.07, 6.45) is 3.14. The van der Waals surface area contributed by atoms with Crippen molar-refractivity contribution in [1.82, 2.24) is 14.6 Å². The molecule has 7 nitrogen and oxygen atoms in total. The van der Waals surface area contributed by atoms with E-state index >= 15 is 0 Å². The van der Waals surface area contributed by atoms with Crippen LogP contribution in [0.25, 0.3) is 0 Å². The lowest BCUT2D eigenvalue weighted by Gasteiger charge is -2.32. The molecule has 0 aliphatic carbocycles. The number of carboxylic acid groups (broad SMARTS) is 1. The Balaban J connectivity index is 2.07. The van der Waals surface area contributed by atoms with Crippen LogP contribution in [0.4, 0.5) is 0 Å². The third kappa shape index (κ3) is 3.35. The zero-order valence-electron chi connectivity index (χ0n) is 11.1. The molecule has 0 amide bonds. The fraction of sp³-hybridized carbons (Fsp3) is 0.636. The maximum Gasteiger partial charge on any atom is 0.356 e. The summed E-state index contributed by atoms with van der Waals surface area (Å²) in [4.78, 5) is 16.6. The van der Waals surface area contributed by atoms with Gasteiger partial charge in [-0.05, 0) is 26.4 Å². The molecule has 112 valence electrons. The predicted molar refractivity (Wildman–Crippen MR) is 74.5 cm³/mol. The molecule has 1 saturated heterocycles. The first-order chi connectivity index (χ1) is 9.42. The Bertz CT molecular complexity index is 584. The Morgan fingerprint density at radius 3 is 3.00 bits per heavy atom. The summed E-state index contributed by atoms with van der Waals surface area (Å²) in [6.45, 7) is 1.24. The lowest BCUT2D eigenvalue weighted by Crippen LogP contribution is -2.44. The molecular formula is C11H17N3O4S2. The molecule has 0 bridgehead atoms. The number of aromatic nitrogens is 1. The van der Waals surface area contributed by atoms with Crippen molar-refractivity contribution >= 4 is 27.3 Å². The number of carboxylic acids is 1. The van der Waals surface area contributed by atoms with Gasteiger partial charge in [0.1, 0.15) is 0 Å². The Morgan fingerprint density at radius 2 is 2.35 bits per heavy atom. The maximum absolute atomic E-state index is 12.1. The lowest BCUT2D eigenvalue weighted by molar-refractivity contribution is 0.0687. The summed E-state index contributed by atoms with van der Waals surface area (Å²) in [6, 6.07) is 0.153. The minimum atomic E-state index is -3.82. The second kappa shape index (κ2) is 6.17. The highest BCUT2D eigenvalue weighted by molar-refractivity contribution is 7.91. The number of piperidine rings is 1. The Hall–Kier alpha value is -1.03. The molecular weight excluding hydrogens is 302 g/mol. The monoisotopic (exact) mass is 319 g/mol. The summed E-state index contributed by atoms with van der Waals surface area (Å²) in [7, 11) is -1.85. The lowest BCUT2D eigenvalue weighted by atomic mass is 10.0. The van der Waals surface area contributed by atoms with Gasteiger partial charge in [-0.3, -0.25) is 0 Å². The van der Waals surface area contributed by atoms with Gasteiger partial charge >= 0.3 is 5.97 Å². The molecule has 0 radical (unpaired) electrons. The van der Waals surface area contributed by atoms with Crippen molar-refractivity contribution < 1.29 is 18.3 Å². The highest BCUT2D eigenvalue weighted by Crippen LogP contribution is 2.20. The molecule has 2 heterocycles. The second-order valence-electron chi connectivity index (χ2n) is 4.78. The molecule has 1 aromatic rings. The molecule has 1 aliphatic heterocycles. The van der Waals surface area contributed by atoms with Gasteiger partial charge < -0.3 is 10.0 Å². The fourth-order valence-corrected chi connectivity index (χ4v) is 4.50. The molecule has 1 atom stereocenters. The molecule has 1 aliphatic rings. The molecule has 20 heavy (non-hydrogen) atoms. The minimum Gasteiger partial charge on any atom is -0.476 e. The topological polar surface area (TPSA) is 99.6 Å². The van der Waals surface area contributed by atoms with Crippen molar-refractivity contribution in [2.45, 2.75) is 29.5 Å². The number of carbonyl (C=O) groups is 1. The van der Waals surface area contributed by atoms with Gasteiger partial charge in [0, 0.05) is 12.6 Å². The normalized spacial score (nSPS) is 20.9. The van der Waals surface area contributed by atoms with Gasteiger partial charge in [-0.2, -0.15) is 0 Å². The first kappa shape index (κ1) is 15.4. The highest BCUT2D eigenvalue weighted by atomic mass is 32.2. The Labute approximate surface area is 121 Å². The van der Waals surface area contributed by atoms with E-state index in [-0.39, 0.29) is 16.8 Å². The number of sulfonamides is 1. The SMILES string of the molecule is CN1CCCCC1CNS(=O)(=O)c1scnc1C(=O)O. The van der Waals surface area contributed by atoms with Crippen LogP contribution in [0.1, 0.15) is 29.8 Å². The van der Waals surface area contributed by atoms with E-state index in [1.54, 1.807) is 0 Å². The van der Waals surface area contributed by atoms with Gasteiger partial charge in [-0.1, -0.05) is 6.42 Å². The Kier molecular flexibility index (Phi) is 4.74. The van der Waals surface area contributed by atoms with E-state index in [2.05, 4.69) is 14.6 Å². The summed E-state index contributed by atoms with van der Waals surface area (Å²) in [5, 5.41) is 8.92. The van der Waals surface area contributed by atoms with Crippen LogP contribution in [0, 0.1) is 0 Å². The zero-order valence-corrected chi connectivity index (χ0v) is 12.7. The number of aromatic carboxylic acids is 1. The van der Waals surface area contributed by atoms with Crippen molar-refractivity contribution in [3.8, 4) is 0 Å². The van der Waals surface area contributed by atoms with Crippen LogP contribution in [0.5, 0.6) is 0 Å². The molecule has 0 aromatic carbocycles. The third-order valence-electron chi connectivity index (χ3n) is 3.41. The molecule has 1 unspecified atom stereocenters. The summed E-state index contributed by atoms with van der Waals surface area (Å²) in [5.41, 5.74) is 0.810. The highest BCUT2D eigenvalue weighted by Gasteiger charge is 2.27. The van der Waals surface area contributed by atoms with E-state index < -0.39 is 21.7 Å². The number of likely N-dealkylation sites (N-methyl/N-ethyl adjacent to an activating group) is 1. The van der Waals surface area contributed by atoms with Gasteiger partial charge in [0.25, 0.3) is 10.0 Å². The van der Waals surface area contributed by atoms with Gasteiger partial charge in [0.05, 0.1) is 5.51 Å². The van der Waals surface area contributed by atoms with Crippen LogP contribution < -0.4 is 4.72 Å². The van der Waals surface area contributed by atoms with Crippen LogP contribution >= 0.6 is 11.3 Å². The van der Waals surface area contributed by atoms with E-state index in [4.69, 9.17) is 5.11 Å². The van der Waals surface area contributed by atoms with Crippen molar-refractivity contribution in [3.63, 3.8) is 0 Å². The Morgan fingerprint density at radius 1 is 1.60 bits per heavy atom. The van der Waals surface area contributed by atoms with Gasteiger partial charge in [0.15, 0.2) is 9.90 Å². The van der Waals surface area contributed by atoms with Gasteiger partial charge in [0.2, 0.25) is 0 Å². The van der Waals surface area contributed by atoms with Crippen LogP contribution in [0.2, 0.25) is 0 Å². The average molecular weight is 319 g/mol. The maximum atomic E-state index is 12.1. The first-order valence-corrected chi connectivity index (χ1v) is 8.65. The predicted octanol–water partition coefficient (Wildman–Crippen LogP) is 0.604. The first-order valence-electron chi connectivity index (χ1n) is 6.28. The van der Waals surface area contributed by atoms with E-state index in [1.165, 1.54) is 5.51 Å². The van der Waals surface area contributed by atoms with Crippen LogP contribution in [0.3, 0.4) is 0 Å². The number of nitrogens with one attached hydrogen (secondary N) is 1. The van der Waals surface area contributed by atoms with Crippen LogP contribution in [0.15, 0.2) is 9.72 Å². The largest absolute Gasteiger partial charge is 0.476 e. The number of nitrogens with zero attached hydrogens (tertiary/aromatic N) is 2. The van der Waals surface area contributed by atoms with E-state index in [1.807, 2.05) is 7.05 Å². The molecule has 2 N–H and O–H groups in total. The van der Waals surface area contributed by atoms with Crippen molar-refractivity contribution in [3.05, 3.63) is 11.2 Å².